The molecule has 0 spiro atoms. The molecule has 0 aromatic rings. The fourth-order valence-corrected chi connectivity index (χ4v) is 2.06. The van der Waals surface area contributed by atoms with Crippen LogP contribution in [0.5, 0.6) is 0 Å². The van der Waals surface area contributed by atoms with Crippen LogP contribution in [0.4, 0.5) is 0 Å². The lowest BCUT2D eigenvalue weighted by atomic mass is 9.84. The maximum atomic E-state index is 5.36. The van der Waals surface area contributed by atoms with Crippen molar-refractivity contribution in [2.75, 3.05) is 26.4 Å². The van der Waals surface area contributed by atoms with Crippen LogP contribution in [-0.4, -0.2) is 26.4 Å². The summed E-state index contributed by atoms with van der Waals surface area (Å²) in [4.78, 5) is 0. The van der Waals surface area contributed by atoms with Crippen LogP contribution in [0.2, 0.25) is 0 Å². The Kier molecular flexibility index (Phi) is 11.7. The fourth-order valence-electron chi connectivity index (χ4n) is 2.06. The molecule has 8 N–H and O–H groups in total. The van der Waals surface area contributed by atoms with E-state index in [0.29, 0.717) is 25.2 Å². The van der Waals surface area contributed by atoms with Gasteiger partial charge in [0.05, 0.1) is 13.3 Å². The van der Waals surface area contributed by atoms with Gasteiger partial charge in [-0.25, -0.2) is 10.9 Å². The normalized spacial score (nSPS) is 15.0. The summed E-state index contributed by atoms with van der Waals surface area (Å²) in [5, 5.41) is 0. The summed E-state index contributed by atoms with van der Waals surface area (Å²) >= 11 is 0. The van der Waals surface area contributed by atoms with Crippen molar-refractivity contribution in [2.24, 2.45) is 29.2 Å². The van der Waals surface area contributed by atoms with E-state index in [2.05, 4.69) is 42.5 Å². The highest BCUT2D eigenvalue weighted by Crippen LogP contribution is 2.22. The summed E-state index contributed by atoms with van der Waals surface area (Å²) < 4.78 is 0. The molecule has 0 aromatic carbocycles. The first kappa shape index (κ1) is 17.8. The quantitative estimate of drug-likeness (QED) is 0.164. The van der Waals surface area contributed by atoms with Crippen molar-refractivity contribution in [1.82, 2.24) is 21.7 Å². The lowest BCUT2D eigenvalue weighted by Crippen LogP contribution is -2.40. The maximum absolute atomic E-state index is 5.36. The highest BCUT2D eigenvalue weighted by Gasteiger charge is 2.16. The zero-order valence-corrected chi connectivity index (χ0v) is 12.1. The van der Waals surface area contributed by atoms with E-state index < -0.39 is 0 Å². The lowest BCUT2D eigenvalue weighted by Gasteiger charge is -2.25. The molecule has 0 aliphatic carbocycles. The lowest BCUT2D eigenvalue weighted by molar-refractivity contribution is 0.273. The van der Waals surface area contributed by atoms with Gasteiger partial charge < -0.3 is 11.5 Å². The first-order valence-corrected chi connectivity index (χ1v) is 6.93. The SMILES string of the molecule is CC(CNNCN)CC(CCNNCN)C(C)C. The molecule has 0 radical (unpaired) electrons. The smallest absolute Gasteiger partial charge is 0.0564 e. The Morgan fingerprint density at radius 2 is 1.50 bits per heavy atom. The summed E-state index contributed by atoms with van der Waals surface area (Å²) in [5.74, 6) is 2.07. The van der Waals surface area contributed by atoms with E-state index in [1.165, 1.54) is 12.8 Å². The molecule has 6 heteroatoms. The summed E-state index contributed by atoms with van der Waals surface area (Å²) in [6.45, 7) is 9.70. The predicted molar refractivity (Wildman–Crippen MR) is 77.1 cm³/mol. The number of hydrogen-bond donors (Lipinski definition) is 6. The minimum absolute atomic E-state index is 0.467. The molecule has 0 heterocycles. The zero-order valence-electron chi connectivity index (χ0n) is 12.1. The number of hydrazine groups is 2. The van der Waals surface area contributed by atoms with E-state index in [-0.39, 0.29) is 0 Å². The van der Waals surface area contributed by atoms with Gasteiger partial charge in [0.2, 0.25) is 0 Å². The van der Waals surface area contributed by atoms with Gasteiger partial charge in [-0.2, -0.15) is 0 Å². The third kappa shape index (κ3) is 9.76. The van der Waals surface area contributed by atoms with Crippen LogP contribution in [0.3, 0.4) is 0 Å². The van der Waals surface area contributed by atoms with Crippen LogP contribution in [0.25, 0.3) is 0 Å². The minimum atomic E-state index is 0.467. The molecule has 0 aliphatic heterocycles. The van der Waals surface area contributed by atoms with E-state index in [0.717, 1.165) is 19.0 Å². The molecule has 0 amide bonds. The molecule has 0 rings (SSSR count). The van der Waals surface area contributed by atoms with Gasteiger partial charge in [-0.05, 0) is 30.6 Å². The number of nitrogens with two attached hydrogens (primary N) is 2. The van der Waals surface area contributed by atoms with Crippen LogP contribution < -0.4 is 33.2 Å². The first-order chi connectivity index (χ1) is 8.61. The highest BCUT2D eigenvalue weighted by atomic mass is 15.4. The second kappa shape index (κ2) is 11.8. The van der Waals surface area contributed by atoms with Crippen molar-refractivity contribution >= 4 is 0 Å². The molecular weight excluding hydrogens is 228 g/mol. The molecule has 6 nitrogen and oxygen atoms in total. The van der Waals surface area contributed by atoms with E-state index in [1.54, 1.807) is 0 Å². The van der Waals surface area contributed by atoms with Crippen molar-refractivity contribution in [2.45, 2.75) is 33.6 Å². The van der Waals surface area contributed by atoms with Gasteiger partial charge in [-0.15, -0.1) is 0 Å². The first-order valence-electron chi connectivity index (χ1n) is 6.93. The summed E-state index contributed by atoms with van der Waals surface area (Å²) in [5.41, 5.74) is 22.8. The van der Waals surface area contributed by atoms with Gasteiger partial charge in [-0.3, -0.25) is 10.9 Å². The van der Waals surface area contributed by atoms with Gasteiger partial charge in [0.1, 0.15) is 0 Å². The Bertz CT molecular complexity index is 176. The summed E-state index contributed by atoms with van der Waals surface area (Å²) in [7, 11) is 0. The molecule has 110 valence electrons. The van der Waals surface area contributed by atoms with Crippen molar-refractivity contribution in [1.29, 1.82) is 0 Å². The Balaban J connectivity index is 3.80. The topological polar surface area (TPSA) is 100 Å². The molecule has 2 atom stereocenters. The van der Waals surface area contributed by atoms with E-state index in [1.807, 2.05) is 0 Å². The second-order valence-corrected chi connectivity index (χ2v) is 5.20. The number of rotatable bonds is 12. The monoisotopic (exact) mass is 260 g/mol. The fraction of sp³-hybridized carbons (Fsp3) is 1.00. The zero-order chi connectivity index (χ0) is 13.8. The van der Waals surface area contributed by atoms with Gasteiger partial charge in [0.15, 0.2) is 0 Å². The summed E-state index contributed by atoms with van der Waals surface area (Å²) in [6.07, 6.45) is 2.39. The molecule has 0 aliphatic rings. The van der Waals surface area contributed by atoms with Gasteiger partial charge in [0, 0.05) is 13.1 Å². The van der Waals surface area contributed by atoms with E-state index in [9.17, 15) is 0 Å². The van der Waals surface area contributed by atoms with Gasteiger partial charge in [0.25, 0.3) is 0 Å². The predicted octanol–water partition coefficient (Wildman–Crippen LogP) is -0.304. The maximum Gasteiger partial charge on any atom is 0.0564 e. The molecule has 0 fully saturated rings. The van der Waals surface area contributed by atoms with Crippen LogP contribution in [0.15, 0.2) is 0 Å². The Morgan fingerprint density at radius 3 is 2.06 bits per heavy atom. The van der Waals surface area contributed by atoms with Crippen molar-refractivity contribution in [3.05, 3.63) is 0 Å². The van der Waals surface area contributed by atoms with Crippen molar-refractivity contribution < 1.29 is 0 Å². The molecular formula is C12H32N6. The minimum Gasteiger partial charge on any atom is -0.317 e. The molecule has 0 bridgehead atoms. The van der Waals surface area contributed by atoms with E-state index >= 15 is 0 Å². The highest BCUT2D eigenvalue weighted by molar-refractivity contribution is 4.68. The average Bonchev–Trinajstić information content (AvgIpc) is 2.33. The second-order valence-electron chi connectivity index (χ2n) is 5.20. The van der Waals surface area contributed by atoms with E-state index in [4.69, 9.17) is 11.5 Å². The van der Waals surface area contributed by atoms with Crippen LogP contribution in [0.1, 0.15) is 33.6 Å². The average molecular weight is 260 g/mol. The van der Waals surface area contributed by atoms with Gasteiger partial charge in [-0.1, -0.05) is 20.8 Å². The van der Waals surface area contributed by atoms with Crippen molar-refractivity contribution in [3.8, 4) is 0 Å². The third-order valence-electron chi connectivity index (χ3n) is 3.19. The van der Waals surface area contributed by atoms with Gasteiger partial charge >= 0.3 is 0 Å². The van der Waals surface area contributed by atoms with Crippen molar-refractivity contribution in [3.63, 3.8) is 0 Å². The standard InChI is InChI=1S/C12H32N6/c1-10(2)12(4-5-15-17-8-13)6-11(3)7-16-18-9-14/h10-12,15-18H,4-9,13-14H2,1-3H3. The number of hydrogen-bond acceptors (Lipinski definition) is 6. The summed E-state index contributed by atoms with van der Waals surface area (Å²) in [6, 6.07) is 0. The molecule has 0 saturated heterocycles. The Labute approximate surface area is 112 Å². The molecule has 18 heavy (non-hydrogen) atoms. The van der Waals surface area contributed by atoms with Crippen LogP contribution in [0, 0.1) is 17.8 Å². The van der Waals surface area contributed by atoms with Crippen LogP contribution >= 0.6 is 0 Å². The number of nitrogens with one attached hydrogen (secondary N) is 4. The molecule has 2 unspecified atom stereocenters. The largest absolute Gasteiger partial charge is 0.317 e. The third-order valence-corrected chi connectivity index (χ3v) is 3.19. The Hall–Kier alpha value is -0.240. The Morgan fingerprint density at radius 1 is 0.889 bits per heavy atom. The van der Waals surface area contributed by atoms with Crippen LogP contribution in [-0.2, 0) is 0 Å². The molecule has 0 saturated carbocycles. The molecule has 0 aromatic heterocycles.